The molecule has 0 bridgehead atoms. The van der Waals surface area contributed by atoms with E-state index in [0.29, 0.717) is 17.4 Å². The Morgan fingerprint density at radius 1 is 1.03 bits per heavy atom. The Balaban J connectivity index is 1.92. The van der Waals surface area contributed by atoms with Gasteiger partial charge in [0.25, 0.3) is 8.32 Å². The quantitative estimate of drug-likeness (QED) is 0.274. The van der Waals surface area contributed by atoms with Crippen LogP contribution in [0.25, 0.3) is 0 Å². The number of hydrogen-bond donors (Lipinski definition) is 1. The van der Waals surface area contributed by atoms with Gasteiger partial charge in [-0.15, -0.1) is 0 Å². The van der Waals surface area contributed by atoms with Gasteiger partial charge in [-0.3, -0.25) is 0 Å². The topological polar surface area (TPSA) is 29.5 Å². The third kappa shape index (κ3) is 5.15. The van der Waals surface area contributed by atoms with Gasteiger partial charge >= 0.3 is 0 Å². The fourth-order valence-corrected chi connectivity index (χ4v) is 8.44. The monoisotopic (exact) mass is 514 g/mol. The van der Waals surface area contributed by atoms with Crippen molar-refractivity contribution in [1.82, 2.24) is 0 Å². The molecule has 0 unspecified atom stereocenters. The molecule has 3 aromatic carbocycles. The Hall–Kier alpha value is -1.85. The van der Waals surface area contributed by atoms with E-state index in [2.05, 4.69) is 60.6 Å². The second-order valence-corrected chi connectivity index (χ2v) is 13.5. The van der Waals surface area contributed by atoms with Crippen molar-refractivity contribution in [1.29, 1.82) is 0 Å². The summed E-state index contributed by atoms with van der Waals surface area (Å²) < 4.78 is 6.52. The third-order valence-corrected chi connectivity index (χ3v) is 11.4. The Morgan fingerprint density at radius 3 is 2.10 bits per heavy atom. The van der Waals surface area contributed by atoms with Crippen molar-refractivity contribution in [3.8, 4) is 5.75 Å². The van der Waals surface area contributed by atoms with E-state index >= 15 is 0 Å². The molecule has 31 heavy (non-hydrogen) atoms. The Kier molecular flexibility index (Phi) is 7.81. The molecule has 1 N–H and O–H groups in total. The molecule has 2 nitrogen and oxygen atoms in total. The third-order valence-electron chi connectivity index (χ3n) is 5.84. The van der Waals surface area contributed by atoms with E-state index in [1.165, 1.54) is 0 Å². The van der Waals surface area contributed by atoms with Crippen LogP contribution >= 0.6 is 27.5 Å². The summed E-state index contributed by atoms with van der Waals surface area (Å²) in [6.45, 7) is 8.45. The van der Waals surface area contributed by atoms with E-state index < -0.39 is 8.32 Å². The van der Waals surface area contributed by atoms with Crippen molar-refractivity contribution in [3.63, 3.8) is 0 Å². The molecule has 3 aromatic rings. The van der Waals surface area contributed by atoms with Crippen molar-refractivity contribution in [3.05, 3.63) is 101 Å². The first kappa shape index (κ1) is 23.8. The van der Waals surface area contributed by atoms with Gasteiger partial charge in [0.2, 0.25) is 0 Å². The van der Waals surface area contributed by atoms with Crippen LogP contribution in [0.3, 0.4) is 0 Å². The van der Waals surface area contributed by atoms with E-state index in [1.54, 1.807) is 6.08 Å². The molecule has 0 fully saturated rings. The molecule has 0 aliphatic heterocycles. The van der Waals surface area contributed by atoms with Crippen LogP contribution in [0.15, 0.2) is 89.9 Å². The summed E-state index contributed by atoms with van der Waals surface area (Å²) in [5.41, 5.74) is 1.03. The minimum Gasteiger partial charge on any atom is -0.488 e. The van der Waals surface area contributed by atoms with Gasteiger partial charge in [0.1, 0.15) is 12.4 Å². The molecule has 0 aromatic heterocycles. The zero-order valence-electron chi connectivity index (χ0n) is 17.9. The predicted octanol–water partition coefficient (Wildman–Crippen LogP) is 6.13. The average Bonchev–Trinajstić information content (AvgIpc) is 2.79. The van der Waals surface area contributed by atoms with Crippen LogP contribution in [0, 0.1) is 0 Å². The number of aryl methyl sites for hydroxylation is 1. The van der Waals surface area contributed by atoms with Crippen LogP contribution in [0.4, 0.5) is 0 Å². The fourth-order valence-electron chi connectivity index (χ4n) is 3.96. The summed E-state index contributed by atoms with van der Waals surface area (Å²) in [6, 6.07) is 24.1. The molecule has 5 heteroatoms. The maximum Gasteiger partial charge on any atom is 0.258 e. The van der Waals surface area contributed by atoms with Gasteiger partial charge < -0.3 is 9.53 Å². The maximum atomic E-state index is 12.3. The molecule has 0 spiro atoms. The van der Waals surface area contributed by atoms with Crippen LogP contribution in [0.5, 0.6) is 5.75 Å². The molecule has 0 aliphatic rings. The van der Waals surface area contributed by atoms with Crippen molar-refractivity contribution in [2.24, 2.45) is 0 Å². The van der Waals surface area contributed by atoms with Crippen LogP contribution in [0.2, 0.25) is 10.1 Å². The smallest absolute Gasteiger partial charge is 0.258 e. The lowest BCUT2D eigenvalue weighted by Gasteiger charge is -2.41. The molecule has 3 rings (SSSR count). The lowest BCUT2D eigenvalue weighted by molar-refractivity contribution is 0.361. The largest absolute Gasteiger partial charge is 0.488 e. The average molecular weight is 516 g/mol. The minimum absolute atomic E-state index is 0.330. The summed E-state index contributed by atoms with van der Waals surface area (Å²) >= 11 is 10.2. The molecule has 0 aliphatic carbocycles. The summed E-state index contributed by atoms with van der Waals surface area (Å²) in [4.78, 5) is 12.3. The van der Waals surface area contributed by atoms with E-state index in [0.717, 1.165) is 33.3 Å². The highest BCUT2D eigenvalue weighted by molar-refractivity contribution is 9.10. The van der Waals surface area contributed by atoms with Gasteiger partial charge in [-0.05, 0) is 55.8 Å². The summed E-state index contributed by atoms with van der Waals surface area (Å²) in [5.74, 6) is 0.701. The van der Waals surface area contributed by atoms with Gasteiger partial charge in [0.15, 0.2) is 0 Å². The number of rotatable bonds is 9. The molecule has 0 saturated heterocycles. The van der Waals surface area contributed by atoms with Crippen molar-refractivity contribution < 1.29 is 9.53 Å². The summed E-state index contributed by atoms with van der Waals surface area (Å²) in [5, 5.41) is 2.38. The Morgan fingerprint density at radius 2 is 1.58 bits per heavy atom. The van der Waals surface area contributed by atoms with E-state index in [1.807, 2.05) is 48.5 Å². The van der Waals surface area contributed by atoms with Gasteiger partial charge in [-0.25, -0.2) is 0 Å². The summed E-state index contributed by atoms with van der Waals surface area (Å²) in [6.07, 6.45) is 3.25. The van der Waals surface area contributed by atoms with Gasteiger partial charge in [0, 0.05) is 11.1 Å². The maximum absolute atomic E-state index is 12.3. The van der Waals surface area contributed by atoms with Crippen molar-refractivity contribution in [2.75, 3.05) is 6.61 Å². The van der Waals surface area contributed by atoms with E-state index in [9.17, 15) is 4.80 Å². The molecule has 0 atom stereocenters. The van der Waals surface area contributed by atoms with Gasteiger partial charge in [-0.1, -0.05) is 98.8 Å². The number of hydrogen-bond acceptors (Lipinski definition) is 2. The van der Waals surface area contributed by atoms with Gasteiger partial charge in [-0.2, -0.15) is 0 Å². The summed E-state index contributed by atoms with van der Waals surface area (Å²) in [7, 11) is -3.03. The standard InChI is InChI=1S/C26H28BrClO2Si/c1-4-17-30-25-19-24(28)20(18-23(25)27)15-16-26(2,3)31(29,21-11-7-5-8-12-21)22-13-9-6-10-14-22/h4-14,18-19,29H,1,15-17H2,2-3H3. The fraction of sp³-hybridized carbons (Fsp3) is 0.231. The molecule has 162 valence electrons. The molecule has 0 radical (unpaired) electrons. The lowest BCUT2D eigenvalue weighted by atomic mass is 10.0. The second kappa shape index (κ2) is 10.2. The van der Waals surface area contributed by atoms with E-state index in [-0.39, 0.29) is 5.04 Å². The molecular formula is C26H28BrClO2Si. The highest BCUT2D eigenvalue weighted by Crippen LogP contribution is 2.41. The van der Waals surface area contributed by atoms with Crippen molar-refractivity contribution >= 4 is 46.2 Å². The van der Waals surface area contributed by atoms with Crippen LogP contribution in [0.1, 0.15) is 25.8 Å². The normalized spacial score (nSPS) is 11.9. The first-order valence-electron chi connectivity index (χ1n) is 10.3. The number of halogens is 2. The van der Waals surface area contributed by atoms with Crippen molar-refractivity contribution in [2.45, 2.75) is 31.7 Å². The molecular weight excluding hydrogens is 488 g/mol. The zero-order chi connectivity index (χ0) is 22.5. The first-order valence-corrected chi connectivity index (χ1v) is 13.5. The SMILES string of the molecule is C=CCOc1cc(Cl)c(CCC(C)(C)[Si](O)(c2ccccc2)c2ccccc2)cc1Br. The lowest BCUT2D eigenvalue weighted by Crippen LogP contribution is -2.65. The number of ether oxygens (including phenoxy) is 1. The number of benzene rings is 3. The highest BCUT2D eigenvalue weighted by Gasteiger charge is 2.49. The Bertz CT molecular complexity index is 983. The van der Waals surface area contributed by atoms with Crippen LogP contribution in [-0.4, -0.2) is 19.7 Å². The minimum atomic E-state index is -3.03. The Labute approximate surface area is 199 Å². The van der Waals surface area contributed by atoms with E-state index in [4.69, 9.17) is 16.3 Å². The predicted molar refractivity (Wildman–Crippen MR) is 137 cm³/mol. The first-order chi connectivity index (χ1) is 14.8. The molecule has 0 amide bonds. The molecule has 0 heterocycles. The van der Waals surface area contributed by atoms with Crippen LogP contribution in [-0.2, 0) is 6.42 Å². The molecule has 0 saturated carbocycles. The van der Waals surface area contributed by atoms with Gasteiger partial charge in [0.05, 0.1) is 4.47 Å². The van der Waals surface area contributed by atoms with Crippen LogP contribution < -0.4 is 15.1 Å². The highest BCUT2D eigenvalue weighted by atomic mass is 79.9. The second-order valence-electron chi connectivity index (χ2n) is 8.30. The zero-order valence-corrected chi connectivity index (χ0v) is 21.3.